The third-order valence-electron chi connectivity index (χ3n) is 10.6. The van der Waals surface area contributed by atoms with E-state index in [1.165, 1.54) is 23.2 Å². The Bertz CT molecular complexity index is 1980. The van der Waals surface area contributed by atoms with E-state index in [2.05, 4.69) is 20.9 Å². The molecule has 3 aromatic rings. The average Bonchev–Trinajstić information content (AvgIpc) is 3.40. The molecule has 1 aromatic carbocycles. The number of carboxylic acids is 1. The van der Waals surface area contributed by atoms with Gasteiger partial charge in [-0.1, -0.05) is 25.0 Å². The molecule has 2 aliphatic heterocycles. The lowest BCUT2D eigenvalue weighted by molar-refractivity contribution is -0.145. The number of anilines is 1. The molecule has 4 N–H and O–H groups in total. The molecule has 0 bridgehead atoms. The summed E-state index contributed by atoms with van der Waals surface area (Å²) in [5.74, 6) is -1.83. The highest BCUT2D eigenvalue weighted by atomic mass is 32.1. The maximum absolute atomic E-state index is 14.4. The summed E-state index contributed by atoms with van der Waals surface area (Å²) in [6.45, 7) is 1.39. The molecule has 16 heteroatoms. The first-order valence-corrected chi connectivity index (χ1v) is 19.3. The largest absolute Gasteiger partial charge is 0.497 e. The van der Waals surface area contributed by atoms with Crippen molar-refractivity contribution < 1.29 is 43.3 Å². The van der Waals surface area contributed by atoms with Crippen LogP contribution in [0.25, 0.3) is 22.3 Å². The van der Waals surface area contributed by atoms with Crippen LogP contribution in [0.15, 0.2) is 41.8 Å². The Labute approximate surface area is 315 Å². The molecule has 3 fully saturated rings. The number of methoxy groups -OCH3 is 1. The van der Waals surface area contributed by atoms with E-state index in [0.717, 1.165) is 38.5 Å². The molecule has 1 saturated heterocycles. The van der Waals surface area contributed by atoms with Crippen molar-refractivity contribution in [3.63, 3.8) is 0 Å². The van der Waals surface area contributed by atoms with Gasteiger partial charge in [-0.25, -0.2) is 19.6 Å². The van der Waals surface area contributed by atoms with Gasteiger partial charge in [-0.15, -0.1) is 11.3 Å². The SMILES string of the molecule is COc1ccc2c(O[C@@H]3C[C@H]4C(=O)N[C@]5(C(=O)O)C[C@H]5/C=C\CCCCC[C@H](NC(=O)OC5CCC5)C(=O)N4C3)cc(-c3csc(NC(C)=O)n3)nc2c1. The molecular weight excluding hydrogens is 717 g/mol. The zero-order valence-electron chi connectivity index (χ0n) is 30.2. The fourth-order valence-corrected chi connectivity index (χ4v) is 8.02. The molecular formula is C38H44N6O9S. The number of amides is 4. The smallest absolute Gasteiger partial charge is 0.408 e. The molecule has 54 heavy (non-hydrogen) atoms. The number of pyridine rings is 1. The van der Waals surface area contributed by atoms with Gasteiger partial charge in [-0.05, 0) is 57.1 Å². The highest BCUT2D eigenvalue weighted by Gasteiger charge is 2.61. The molecule has 4 amide bonds. The van der Waals surface area contributed by atoms with Gasteiger partial charge in [-0.2, -0.15) is 0 Å². The molecule has 0 spiro atoms. The van der Waals surface area contributed by atoms with Crippen LogP contribution in [0, 0.1) is 5.92 Å². The van der Waals surface area contributed by atoms with Crippen LogP contribution in [0.5, 0.6) is 11.5 Å². The van der Waals surface area contributed by atoms with Crippen molar-refractivity contribution >= 4 is 57.2 Å². The number of carboxylic acid groups (broad SMARTS) is 1. The van der Waals surface area contributed by atoms with E-state index < -0.39 is 47.6 Å². The van der Waals surface area contributed by atoms with Gasteiger partial charge >= 0.3 is 12.1 Å². The summed E-state index contributed by atoms with van der Waals surface area (Å²) in [6.07, 6.45) is 8.44. The minimum absolute atomic E-state index is 0.00510. The molecule has 4 heterocycles. The second-order valence-corrected chi connectivity index (χ2v) is 15.2. The van der Waals surface area contributed by atoms with Crippen molar-refractivity contribution in [1.29, 1.82) is 0 Å². The lowest BCUT2D eigenvalue weighted by atomic mass is 9.96. The van der Waals surface area contributed by atoms with Gasteiger partial charge in [0, 0.05) is 42.2 Å². The standard InChI is InChI=1S/C38H44N6O9S/c1-21(45)39-36-41-30(20-54-36)29-17-32(26-14-13-24(51-2)15-28(26)40-29)52-25-16-31-33(46)43-38(35(48)49)18-22(38)9-6-4-3-5-7-12-27(34(47)44(31)19-25)42-37(50)53-23-10-8-11-23/h6,9,13-15,17,20,22-23,25,27,31H,3-5,7-8,10-12,16,18-19H2,1-2H3,(H,42,50)(H,43,46)(H,48,49)(H,39,41,45)/b9-6-/t22-,25-,27+,31+,38-/m1/s1. The van der Waals surface area contributed by atoms with Gasteiger partial charge in [0.15, 0.2) is 5.13 Å². The van der Waals surface area contributed by atoms with Crippen LogP contribution in [0.1, 0.15) is 71.1 Å². The first-order chi connectivity index (χ1) is 26.0. The Morgan fingerprint density at radius 3 is 2.61 bits per heavy atom. The fraction of sp³-hybridized carbons (Fsp3) is 0.500. The number of nitrogens with one attached hydrogen (secondary N) is 3. The van der Waals surface area contributed by atoms with Crippen LogP contribution < -0.4 is 25.4 Å². The summed E-state index contributed by atoms with van der Waals surface area (Å²) in [5.41, 5.74) is 0.0420. The lowest BCUT2D eigenvalue weighted by Gasteiger charge is -2.30. The molecule has 0 radical (unpaired) electrons. The van der Waals surface area contributed by atoms with Gasteiger partial charge in [0.05, 0.1) is 24.9 Å². The van der Waals surface area contributed by atoms with Crippen LogP contribution in [0.2, 0.25) is 0 Å². The molecule has 2 aromatic heterocycles. The van der Waals surface area contributed by atoms with Gasteiger partial charge in [0.1, 0.15) is 47.0 Å². The van der Waals surface area contributed by atoms with Crippen molar-refractivity contribution in [2.75, 3.05) is 19.0 Å². The van der Waals surface area contributed by atoms with E-state index in [0.29, 0.717) is 51.8 Å². The first-order valence-electron chi connectivity index (χ1n) is 18.4. The van der Waals surface area contributed by atoms with Crippen LogP contribution in [0.4, 0.5) is 9.93 Å². The predicted octanol–water partition coefficient (Wildman–Crippen LogP) is 4.80. The number of rotatable bonds is 8. The van der Waals surface area contributed by atoms with Crippen molar-refractivity contribution in [2.24, 2.45) is 5.92 Å². The molecule has 7 rings (SSSR count). The third kappa shape index (κ3) is 7.98. The topological polar surface area (TPSA) is 198 Å². The number of benzene rings is 1. The number of aliphatic carboxylic acids is 1. The highest BCUT2D eigenvalue weighted by Crippen LogP contribution is 2.45. The molecule has 4 aliphatic rings. The summed E-state index contributed by atoms with van der Waals surface area (Å²) in [4.78, 5) is 76.4. The quantitative estimate of drug-likeness (QED) is 0.230. The Balaban J connectivity index is 1.20. The number of hydrogen-bond acceptors (Lipinski definition) is 11. The molecule has 5 atom stereocenters. The molecule has 0 unspecified atom stereocenters. The average molecular weight is 761 g/mol. The zero-order valence-corrected chi connectivity index (χ0v) is 31.0. The van der Waals surface area contributed by atoms with Crippen molar-refractivity contribution in [3.8, 4) is 22.9 Å². The third-order valence-corrected chi connectivity index (χ3v) is 11.3. The van der Waals surface area contributed by atoms with E-state index in [9.17, 15) is 29.1 Å². The van der Waals surface area contributed by atoms with Crippen LogP contribution in [-0.4, -0.2) is 93.2 Å². The fourth-order valence-electron chi connectivity index (χ4n) is 7.27. The number of carbonyl (C=O) groups excluding carboxylic acids is 4. The summed E-state index contributed by atoms with van der Waals surface area (Å²) < 4.78 is 17.6. The summed E-state index contributed by atoms with van der Waals surface area (Å²) >= 11 is 1.25. The number of allylic oxidation sites excluding steroid dienone is 1. The van der Waals surface area contributed by atoms with E-state index in [-0.39, 0.29) is 37.3 Å². The number of aromatic nitrogens is 2. The maximum Gasteiger partial charge on any atom is 0.408 e. The summed E-state index contributed by atoms with van der Waals surface area (Å²) in [5, 5.41) is 21.3. The number of ether oxygens (including phenoxy) is 3. The maximum atomic E-state index is 14.4. The number of hydrogen-bond donors (Lipinski definition) is 4. The molecule has 2 saturated carbocycles. The lowest BCUT2D eigenvalue weighted by Crippen LogP contribution is -2.56. The normalized spacial score (nSPS) is 26.5. The van der Waals surface area contributed by atoms with E-state index >= 15 is 0 Å². The summed E-state index contributed by atoms with van der Waals surface area (Å²) in [6, 6.07) is 5.02. The Morgan fingerprint density at radius 2 is 1.87 bits per heavy atom. The van der Waals surface area contributed by atoms with Crippen molar-refractivity contribution in [2.45, 2.75) is 101 Å². The number of alkyl carbamates (subject to hydrolysis) is 1. The highest BCUT2D eigenvalue weighted by molar-refractivity contribution is 7.14. The number of fused-ring (bicyclic) bond motifs is 3. The zero-order chi connectivity index (χ0) is 38.0. The molecule has 286 valence electrons. The van der Waals surface area contributed by atoms with Gasteiger partial charge < -0.3 is 40.2 Å². The summed E-state index contributed by atoms with van der Waals surface area (Å²) in [7, 11) is 1.55. The van der Waals surface area contributed by atoms with Gasteiger partial charge in [0.25, 0.3) is 0 Å². The Morgan fingerprint density at radius 1 is 1.04 bits per heavy atom. The monoisotopic (exact) mass is 760 g/mol. The van der Waals surface area contributed by atoms with Crippen LogP contribution in [-0.2, 0) is 23.9 Å². The Hall–Kier alpha value is -5.25. The van der Waals surface area contributed by atoms with Crippen molar-refractivity contribution in [3.05, 3.63) is 41.8 Å². The van der Waals surface area contributed by atoms with Crippen LogP contribution in [0.3, 0.4) is 0 Å². The second-order valence-electron chi connectivity index (χ2n) is 14.4. The van der Waals surface area contributed by atoms with E-state index in [1.807, 2.05) is 12.2 Å². The first kappa shape index (κ1) is 37.1. The second kappa shape index (κ2) is 15.6. The number of thiazole rings is 1. The van der Waals surface area contributed by atoms with Crippen LogP contribution >= 0.6 is 11.3 Å². The van der Waals surface area contributed by atoms with Gasteiger partial charge in [0.2, 0.25) is 17.7 Å². The van der Waals surface area contributed by atoms with E-state index in [4.69, 9.17) is 19.2 Å². The molecule has 2 aliphatic carbocycles. The Kier molecular flexibility index (Phi) is 10.7. The van der Waals surface area contributed by atoms with E-state index in [1.54, 1.807) is 36.8 Å². The minimum Gasteiger partial charge on any atom is -0.497 e. The number of carbonyl (C=O) groups is 5. The number of nitrogens with zero attached hydrogens (tertiary/aromatic N) is 3. The predicted molar refractivity (Wildman–Crippen MR) is 198 cm³/mol. The van der Waals surface area contributed by atoms with Crippen molar-refractivity contribution in [1.82, 2.24) is 25.5 Å². The minimum atomic E-state index is -1.47. The molecule has 15 nitrogen and oxygen atoms in total. The van der Waals surface area contributed by atoms with Gasteiger partial charge in [-0.3, -0.25) is 14.4 Å².